The number of pyridine rings is 1. The zero-order valence-corrected chi connectivity index (χ0v) is 6.31. The van der Waals surface area contributed by atoms with Crippen LogP contribution < -0.4 is 11.5 Å². The fraction of sp³-hybridized carbons (Fsp3) is 0.167. The molecule has 0 amide bonds. The lowest BCUT2D eigenvalue weighted by molar-refractivity contribution is 1.21. The van der Waals surface area contributed by atoms with Gasteiger partial charge >= 0.3 is 0 Å². The van der Waals surface area contributed by atoms with E-state index in [1.54, 1.807) is 13.0 Å². The van der Waals surface area contributed by atoms with E-state index in [4.69, 9.17) is 23.1 Å². The van der Waals surface area contributed by atoms with Crippen LogP contribution in [-0.2, 0) is 0 Å². The molecule has 0 unspecified atom stereocenters. The van der Waals surface area contributed by atoms with Crippen molar-refractivity contribution in [3.05, 3.63) is 16.9 Å². The molecule has 4 heteroatoms. The minimum Gasteiger partial charge on any atom is -0.397 e. The molecule has 0 saturated carbocycles. The number of aromatic nitrogens is 1. The van der Waals surface area contributed by atoms with Gasteiger partial charge in [0.15, 0.2) is 5.15 Å². The largest absolute Gasteiger partial charge is 0.397 e. The van der Waals surface area contributed by atoms with E-state index < -0.39 is 0 Å². The fourth-order valence-corrected chi connectivity index (χ4v) is 0.789. The van der Waals surface area contributed by atoms with Crippen molar-refractivity contribution >= 4 is 23.0 Å². The first-order chi connectivity index (χ1) is 4.61. The van der Waals surface area contributed by atoms with Crippen molar-refractivity contribution in [3.8, 4) is 0 Å². The van der Waals surface area contributed by atoms with Crippen LogP contribution in [0, 0.1) is 6.92 Å². The van der Waals surface area contributed by atoms with Crippen molar-refractivity contribution < 1.29 is 0 Å². The Labute approximate surface area is 64.0 Å². The summed E-state index contributed by atoms with van der Waals surface area (Å²) >= 11 is 5.59. The van der Waals surface area contributed by atoms with E-state index in [2.05, 4.69) is 4.98 Å². The van der Waals surface area contributed by atoms with E-state index in [1.165, 1.54) is 0 Å². The predicted octanol–water partition coefficient (Wildman–Crippen LogP) is 1.21. The van der Waals surface area contributed by atoms with Crippen LogP contribution in [-0.4, -0.2) is 4.98 Å². The molecule has 0 aliphatic heterocycles. The number of hydrogen-bond donors (Lipinski definition) is 2. The molecule has 1 aromatic heterocycles. The summed E-state index contributed by atoms with van der Waals surface area (Å²) in [6, 6.07) is 1.60. The van der Waals surface area contributed by atoms with Gasteiger partial charge in [0.2, 0.25) is 0 Å². The van der Waals surface area contributed by atoms with Gasteiger partial charge in [-0.05, 0) is 13.0 Å². The number of rotatable bonds is 0. The molecule has 0 aromatic carbocycles. The van der Waals surface area contributed by atoms with Gasteiger partial charge in [-0.1, -0.05) is 11.6 Å². The molecule has 0 saturated heterocycles. The molecule has 0 radical (unpaired) electrons. The van der Waals surface area contributed by atoms with Crippen LogP contribution in [0.1, 0.15) is 5.69 Å². The highest BCUT2D eigenvalue weighted by Crippen LogP contribution is 2.20. The van der Waals surface area contributed by atoms with Gasteiger partial charge < -0.3 is 11.5 Å². The maximum Gasteiger partial charge on any atom is 0.152 e. The molecule has 0 bridgehead atoms. The smallest absolute Gasteiger partial charge is 0.152 e. The number of halogens is 1. The van der Waals surface area contributed by atoms with Crippen LogP contribution in [0.5, 0.6) is 0 Å². The van der Waals surface area contributed by atoms with E-state index in [-0.39, 0.29) is 0 Å². The molecule has 1 heterocycles. The molecule has 0 atom stereocenters. The number of anilines is 2. The highest BCUT2D eigenvalue weighted by Gasteiger charge is 2.00. The summed E-state index contributed by atoms with van der Waals surface area (Å²) in [5.74, 6) is 0. The van der Waals surface area contributed by atoms with Gasteiger partial charge in [0, 0.05) is 0 Å². The molecule has 4 N–H and O–H groups in total. The van der Waals surface area contributed by atoms with Gasteiger partial charge in [-0.2, -0.15) is 0 Å². The average molecular weight is 158 g/mol. The molecule has 1 rings (SSSR count). The maximum atomic E-state index is 5.59. The minimum absolute atomic E-state index is 0.312. The summed E-state index contributed by atoms with van der Waals surface area (Å²) in [5, 5.41) is 0.312. The monoisotopic (exact) mass is 157 g/mol. The first-order valence-electron chi connectivity index (χ1n) is 2.79. The normalized spacial score (nSPS) is 9.80. The number of nitrogen functional groups attached to an aromatic ring is 2. The lowest BCUT2D eigenvalue weighted by Gasteiger charge is -2.01. The molecular weight excluding hydrogens is 150 g/mol. The topological polar surface area (TPSA) is 64.9 Å². The zero-order chi connectivity index (χ0) is 7.72. The summed E-state index contributed by atoms with van der Waals surface area (Å²) in [4.78, 5) is 3.89. The van der Waals surface area contributed by atoms with E-state index in [1.807, 2.05) is 0 Å². The SMILES string of the molecule is Cc1nc(Cl)c(N)cc1N. The standard InChI is InChI=1S/C6H8ClN3/c1-3-4(8)2-5(9)6(7)10-3/h2H,8-9H2,1H3. The second kappa shape index (κ2) is 2.34. The van der Waals surface area contributed by atoms with Gasteiger partial charge in [0.1, 0.15) is 0 Å². The van der Waals surface area contributed by atoms with E-state index in [0.29, 0.717) is 22.2 Å². The Hall–Kier alpha value is -0.960. The number of nitrogens with two attached hydrogens (primary N) is 2. The number of hydrogen-bond acceptors (Lipinski definition) is 3. The van der Waals surface area contributed by atoms with Crippen LogP contribution in [0.15, 0.2) is 6.07 Å². The molecule has 3 nitrogen and oxygen atoms in total. The maximum absolute atomic E-state index is 5.59. The zero-order valence-electron chi connectivity index (χ0n) is 5.56. The van der Waals surface area contributed by atoms with Crippen molar-refractivity contribution in [3.63, 3.8) is 0 Å². The van der Waals surface area contributed by atoms with Gasteiger partial charge in [0.25, 0.3) is 0 Å². The van der Waals surface area contributed by atoms with Crippen molar-refractivity contribution in [2.24, 2.45) is 0 Å². The van der Waals surface area contributed by atoms with Gasteiger partial charge in [-0.25, -0.2) is 4.98 Å². The van der Waals surface area contributed by atoms with Crippen molar-refractivity contribution in [2.45, 2.75) is 6.92 Å². The van der Waals surface area contributed by atoms with Gasteiger partial charge in [0.05, 0.1) is 17.1 Å². The van der Waals surface area contributed by atoms with Crippen molar-refractivity contribution in [1.29, 1.82) is 0 Å². The molecule has 0 aliphatic carbocycles. The molecule has 0 fully saturated rings. The van der Waals surface area contributed by atoms with Gasteiger partial charge in [-0.3, -0.25) is 0 Å². The second-order valence-electron chi connectivity index (χ2n) is 2.04. The Balaban J connectivity index is 3.28. The Kier molecular flexibility index (Phi) is 1.68. The Bertz CT molecular complexity index is 209. The number of aryl methyl sites for hydroxylation is 1. The highest BCUT2D eigenvalue weighted by atomic mass is 35.5. The van der Waals surface area contributed by atoms with E-state index in [0.717, 1.165) is 0 Å². The lowest BCUT2D eigenvalue weighted by atomic mass is 10.3. The van der Waals surface area contributed by atoms with Crippen molar-refractivity contribution in [1.82, 2.24) is 4.98 Å². The van der Waals surface area contributed by atoms with Crippen LogP contribution in [0.25, 0.3) is 0 Å². The van der Waals surface area contributed by atoms with Crippen LogP contribution >= 0.6 is 11.6 Å². The molecule has 54 valence electrons. The third kappa shape index (κ3) is 1.14. The van der Waals surface area contributed by atoms with Crippen LogP contribution in [0.2, 0.25) is 5.15 Å². The number of nitrogens with zero attached hydrogens (tertiary/aromatic N) is 1. The highest BCUT2D eigenvalue weighted by molar-refractivity contribution is 6.31. The van der Waals surface area contributed by atoms with Gasteiger partial charge in [-0.15, -0.1) is 0 Å². The summed E-state index contributed by atoms with van der Waals surface area (Å²) < 4.78 is 0. The molecule has 0 spiro atoms. The summed E-state index contributed by atoms with van der Waals surface area (Å²) in [7, 11) is 0. The lowest BCUT2D eigenvalue weighted by Crippen LogP contribution is -1.97. The fourth-order valence-electron chi connectivity index (χ4n) is 0.608. The molecular formula is C6H8ClN3. The summed E-state index contributed by atoms with van der Waals surface area (Å²) in [6.07, 6.45) is 0. The predicted molar refractivity (Wildman–Crippen MR) is 42.8 cm³/mol. The first kappa shape index (κ1) is 7.15. The van der Waals surface area contributed by atoms with E-state index in [9.17, 15) is 0 Å². The molecule has 0 aliphatic rings. The Morgan fingerprint density at radius 1 is 1.40 bits per heavy atom. The third-order valence-corrected chi connectivity index (χ3v) is 1.54. The Morgan fingerprint density at radius 3 is 2.50 bits per heavy atom. The minimum atomic E-state index is 0.312. The second-order valence-corrected chi connectivity index (χ2v) is 2.40. The van der Waals surface area contributed by atoms with Crippen LogP contribution in [0.3, 0.4) is 0 Å². The molecule has 10 heavy (non-hydrogen) atoms. The molecule has 1 aromatic rings. The third-order valence-electron chi connectivity index (χ3n) is 1.23. The Morgan fingerprint density at radius 2 is 2.00 bits per heavy atom. The average Bonchev–Trinajstić information content (AvgIpc) is 1.84. The quantitative estimate of drug-likeness (QED) is 0.557. The first-order valence-corrected chi connectivity index (χ1v) is 3.17. The summed E-state index contributed by atoms with van der Waals surface area (Å²) in [5.41, 5.74) is 12.6. The van der Waals surface area contributed by atoms with Crippen molar-refractivity contribution in [2.75, 3.05) is 11.5 Å². The van der Waals surface area contributed by atoms with Crippen LogP contribution in [0.4, 0.5) is 11.4 Å². The summed E-state index contributed by atoms with van der Waals surface area (Å²) in [6.45, 7) is 1.78. The van der Waals surface area contributed by atoms with E-state index >= 15 is 0 Å².